The van der Waals surface area contributed by atoms with Crippen molar-refractivity contribution >= 4 is 0 Å². The van der Waals surface area contributed by atoms with Crippen molar-refractivity contribution < 1.29 is 14.2 Å². The van der Waals surface area contributed by atoms with Crippen LogP contribution in [0.1, 0.15) is 13.8 Å². The summed E-state index contributed by atoms with van der Waals surface area (Å²) in [5.74, 6) is 0. The second kappa shape index (κ2) is 9.08. The lowest BCUT2D eigenvalue weighted by atomic mass is 10.1. The monoisotopic (exact) mass is 358 g/mol. The number of nitrogens with zero attached hydrogens (tertiary/aromatic N) is 4. The van der Waals surface area contributed by atoms with E-state index >= 15 is 0 Å². The van der Waals surface area contributed by atoms with E-state index in [0.717, 1.165) is 52.4 Å². The second-order valence-electron chi connectivity index (χ2n) is 7.83. The molecule has 25 heavy (non-hydrogen) atoms. The standard InChI is InChI=1S/C18H38N4O3/c1-17(23-5,21-11-7-19(3)8-12-21)15-25-16-18(2,24-6)22-13-9-20(4)10-14-22/h7-16H2,1-6H3. The van der Waals surface area contributed by atoms with E-state index in [1.807, 2.05) is 0 Å². The molecular weight excluding hydrogens is 320 g/mol. The maximum atomic E-state index is 6.15. The Hall–Kier alpha value is -0.280. The Morgan fingerprint density at radius 1 is 0.640 bits per heavy atom. The van der Waals surface area contributed by atoms with Gasteiger partial charge in [-0.1, -0.05) is 0 Å². The summed E-state index contributed by atoms with van der Waals surface area (Å²) in [7, 11) is 7.88. The van der Waals surface area contributed by atoms with E-state index in [1.165, 1.54) is 0 Å². The van der Waals surface area contributed by atoms with Gasteiger partial charge in [-0.25, -0.2) is 0 Å². The minimum absolute atomic E-state index is 0.391. The van der Waals surface area contributed by atoms with Crippen LogP contribution >= 0.6 is 0 Å². The van der Waals surface area contributed by atoms with Gasteiger partial charge in [0.1, 0.15) is 11.4 Å². The van der Waals surface area contributed by atoms with Crippen molar-refractivity contribution in [3.05, 3.63) is 0 Å². The van der Waals surface area contributed by atoms with Crippen LogP contribution in [0.4, 0.5) is 0 Å². The fourth-order valence-electron chi connectivity index (χ4n) is 3.55. The summed E-state index contributed by atoms with van der Waals surface area (Å²) in [4.78, 5) is 9.46. The van der Waals surface area contributed by atoms with E-state index in [-0.39, 0.29) is 0 Å². The molecule has 2 rings (SSSR count). The number of piperazine rings is 2. The van der Waals surface area contributed by atoms with Crippen LogP contribution in [-0.4, -0.2) is 125 Å². The van der Waals surface area contributed by atoms with Gasteiger partial charge in [0.25, 0.3) is 0 Å². The molecule has 0 bridgehead atoms. The molecule has 0 amide bonds. The van der Waals surface area contributed by atoms with Crippen molar-refractivity contribution in [1.29, 1.82) is 0 Å². The number of hydrogen-bond donors (Lipinski definition) is 0. The first-order valence-electron chi connectivity index (χ1n) is 9.38. The normalized spacial score (nSPS) is 27.1. The third-order valence-corrected chi connectivity index (χ3v) is 5.96. The topological polar surface area (TPSA) is 40.7 Å². The van der Waals surface area contributed by atoms with Crippen molar-refractivity contribution in [2.45, 2.75) is 25.3 Å². The highest BCUT2D eigenvalue weighted by molar-refractivity contribution is 4.84. The predicted molar refractivity (Wildman–Crippen MR) is 99.8 cm³/mol. The highest BCUT2D eigenvalue weighted by Gasteiger charge is 2.37. The van der Waals surface area contributed by atoms with E-state index in [0.29, 0.717) is 13.2 Å². The number of likely N-dealkylation sites (N-methyl/N-ethyl adjacent to an activating group) is 2. The molecule has 2 atom stereocenters. The van der Waals surface area contributed by atoms with Crippen molar-refractivity contribution in [1.82, 2.24) is 19.6 Å². The molecular formula is C18H38N4O3. The first-order valence-corrected chi connectivity index (χ1v) is 9.38. The number of ether oxygens (including phenoxy) is 3. The average Bonchev–Trinajstić information content (AvgIpc) is 2.62. The van der Waals surface area contributed by atoms with Crippen molar-refractivity contribution in [3.8, 4) is 0 Å². The zero-order chi connectivity index (χ0) is 18.5. The third kappa shape index (κ3) is 5.35. The van der Waals surface area contributed by atoms with Gasteiger partial charge in [-0.15, -0.1) is 0 Å². The van der Waals surface area contributed by atoms with Crippen LogP contribution in [0.25, 0.3) is 0 Å². The van der Waals surface area contributed by atoms with Crippen molar-refractivity contribution in [3.63, 3.8) is 0 Å². The van der Waals surface area contributed by atoms with Gasteiger partial charge in [0.2, 0.25) is 0 Å². The molecule has 0 radical (unpaired) electrons. The van der Waals surface area contributed by atoms with Crippen LogP contribution in [0.2, 0.25) is 0 Å². The smallest absolute Gasteiger partial charge is 0.142 e. The van der Waals surface area contributed by atoms with Crippen LogP contribution in [-0.2, 0) is 14.2 Å². The highest BCUT2D eigenvalue weighted by Crippen LogP contribution is 2.22. The lowest BCUT2D eigenvalue weighted by Crippen LogP contribution is -2.60. The summed E-state index contributed by atoms with van der Waals surface area (Å²) in [6, 6.07) is 0. The van der Waals surface area contributed by atoms with E-state index in [2.05, 4.69) is 47.5 Å². The highest BCUT2D eigenvalue weighted by atomic mass is 16.6. The maximum Gasteiger partial charge on any atom is 0.142 e. The third-order valence-electron chi connectivity index (χ3n) is 5.96. The van der Waals surface area contributed by atoms with Crippen LogP contribution in [0, 0.1) is 0 Å². The first kappa shape index (κ1) is 21.0. The molecule has 2 aliphatic rings. The molecule has 0 spiro atoms. The average molecular weight is 359 g/mol. The fraction of sp³-hybridized carbons (Fsp3) is 1.00. The Morgan fingerprint density at radius 3 is 1.24 bits per heavy atom. The summed E-state index contributed by atoms with van der Waals surface area (Å²) in [6.45, 7) is 13.6. The Bertz CT molecular complexity index is 362. The molecule has 0 aromatic carbocycles. The number of rotatable bonds is 8. The summed E-state index contributed by atoms with van der Waals surface area (Å²) in [6.07, 6.45) is 0. The molecule has 0 aromatic rings. The zero-order valence-corrected chi connectivity index (χ0v) is 17.1. The molecule has 2 saturated heterocycles. The van der Waals surface area contributed by atoms with Gasteiger partial charge < -0.3 is 24.0 Å². The summed E-state index contributed by atoms with van der Waals surface area (Å²) >= 11 is 0. The molecule has 2 fully saturated rings. The Balaban J connectivity index is 1.87. The van der Waals surface area contributed by atoms with Gasteiger partial charge in [0.15, 0.2) is 0 Å². The van der Waals surface area contributed by atoms with Gasteiger partial charge in [-0.2, -0.15) is 0 Å². The van der Waals surface area contributed by atoms with Gasteiger partial charge in [0, 0.05) is 66.6 Å². The van der Waals surface area contributed by atoms with Gasteiger partial charge in [-0.05, 0) is 27.9 Å². The van der Waals surface area contributed by atoms with Gasteiger partial charge in [0.05, 0.1) is 13.2 Å². The van der Waals surface area contributed by atoms with Crippen molar-refractivity contribution in [2.24, 2.45) is 0 Å². The Morgan fingerprint density at radius 2 is 0.960 bits per heavy atom. The minimum atomic E-state index is -0.391. The van der Waals surface area contributed by atoms with E-state index < -0.39 is 11.4 Å². The van der Waals surface area contributed by atoms with E-state index in [1.54, 1.807) is 14.2 Å². The van der Waals surface area contributed by atoms with Gasteiger partial charge >= 0.3 is 0 Å². The van der Waals surface area contributed by atoms with Crippen LogP contribution in [0.15, 0.2) is 0 Å². The Labute approximate surface area is 153 Å². The van der Waals surface area contributed by atoms with E-state index in [4.69, 9.17) is 14.2 Å². The van der Waals surface area contributed by atoms with Crippen LogP contribution in [0.5, 0.6) is 0 Å². The SMILES string of the molecule is COC(C)(COCC(C)(OC)N1CCN(C)CC1)N1CCN(C)CC1. The molecule has 2 heterocycles. The largest absolute Gasteiger partial charge is 0.373 e. The molecule has 2 aliphatic heterocycles. The lowest BCUT2D eigenvalue weighted by molar-refractivity contribution is -0.208. The summed E-state index contributed by atoms with van der Waals surface area (Å²) in [5.41, 5.74) is -0.782. The fourth-order valence-corrected chi connectivity index (χ4v) is 3.55. The molecule has 148 valence electrons. The maximum absolute atomic E-state index is 6.15. The quantitative estimate of drug-likeness (QED) is 0.615. The minimum Gasteiger partial charge on any atom is -0.373 e. The molecule has 0 aromatic heterocycles. The van der Waals surface area contributed by atoms with Crippen LogP contribution in [0.3, 0.4) is 0 Å². The number of methoxy groups -OCH3 is 2. The summed E-state index contributed by atoms with van der Waals surface area (Å²) in [5, 5.41) is 0. The summed E-state index contributed by atoms with van der Waals surface area (Å²) < 4.78 is 17.8. The molecule has 0 aliphatic carbocycles. The predicted octanol–water partition coefficient (Wildman–Crippen LogP) is 0.223. The van der Waals surface area contributed by atoms with Crippen LogP contribution < -0.4 is 0 Å². The lowest BCUT2D eigenvalue weighted by Gasteiger charge is -2.46. The second-order valence-corrected chi connectivity index (χ2v) is 7.83. The molecule has 0 saturated carbocycles. The van der Waals surface area contributed by atoms with Gasteiger partial charge in [-0.3, -0.25) is 9.80 Å². The molecule has 7 nitrogen and oxygen atoms in total. The number of hydrogen-bond acceptors (Lipinski definition) is 7. The first-order chi connectivity index (χ1) is 11.8. The molecule has 7 heteroatoms. The van der Waals surface area contributed by atoms with Crippen molar-refractivity contribution in [2.75, 3.05) is 93.9 Å². The zero-order valence-electron chi connectivity index (χ0n) is 17.1. The molecule has 0 N–H and O–H groups in total. The molecule has 2 unspecified atom stereocenters. The van der Waals surface area contributed by atoms with E-state index in [9.17, 15) is 0 Å². The Kier molecular flexibility index (Phi) is 7.64.